The third-order valence-electron chi connectivity index (χ3n) is 4.27. The summed E-state index contributed by atoms with van der Waals surface area (Å²) in [6.07, 6.45) is 0. The largest absolute Gasteiger partial charge is 0.246 e. The van der Waals surface area contributed by atoms with Crippen LogP contribution in [0.25, 0.3) is 33.3 Å². The quantitative estimate of drug-likeness (QED) is 0.338. The van der Waals surface area contributed by atoms with Crippen LogP contribution in [0.5, 0.6) is 0 Å². The molecule has 0 radical (unpaired) electrons. The molecule has 0 N–H and O–H groups in total. The van der Waals surface area contributed by atoms with Crippen molar-refractivity contribution in [2.45, 2.75) is 6.92 Å². The third-order valence-corrected chi connectivity index (χ3v) is 5.32. The van der Waals surface area contributed by atoms with E-state index in [4.69, 9.17) is 4.98 Å². The highest BCUT2D eigenvalue weighted by atomic mass is 127. The molecule has 0 unspecified atom stereocenters. The molecule has 0 spiro atoms. The summed E-state index contributed by atoms with van der Waals surface area (Å²) >= 11 is 2.45. The molecule has 0 aliphatic rings. The Bertz CT molecular complexity index is 1010. The number of rotatable bonds is 2. The van der Waals surface area contributed by atoms with Gasteiger partial charge in [-0.05, 0) is 40.6 Å². The predicted octanol–water partition coefficient (Wildman–Crippen LogP) is 6.48. The molecule has 0 aliphatic carbocycles. The summed E-state index contributed by atoms with van der Waals surface area (Å²) < 4.78 is 1.20. The Hall–Kier alpha value is -2.20. The number of hydrogen-bond donors (Lipinski definition) is 0. The monoisotopic (exact) mass is 421 g/mol. The third kappa shape index (κ3) is 2.61. The molecule has 0 aliphatic heterocycles. The van der Waals surface area contributed by atoms with Crippen molar-refractivity contribution in [2.75, 3.05) is 0 Å². The Morgan fingerprint density at radius 1 is 0.708 bits per heavy atom. The molecule has 1 aromatic heterocycles. The van der Waals surface area contributed by atoms with Crippen molar-refractivity contribution >= 4 is 33.5 Å². The first-order valence-electron chi connectivity index (χ1n) is 7.95. The number of nitrogens with zero attached hydrogens (tertiary/aromatic N) is 1. The highest BCUT2D eigenvalue weighted by Crippen LogP contribution is 2.38. The first-order chi connectivity index (χ1) is 11.8. The lowest BCUT2D eigenvalue weighted by Crippen LogP contribution is -1.96. The summed E-state index contributed by atoms with van der Waals surface area (Å²) in [5, 5.41) is 1.21. The fourth-order valence-corrected chi connectivity index (χ4v) is 4.11. The Kier molecular flexibility index (Phi) is 4.07. The molecule has 116 valence electrons. The van der Waals surface area contributed by atoms with Crippen LogP contribution >= 0.6 is 22.6 Å². The number of para-hydroxylation sites is 1. The first-order valence-corrected chi connectivity index (χ1v) is 9.03. The van der Waals surface area contributed by atoms with Crippen LogP contribution in [0.1, 0.15) is 5.56 Å². The number of pyridine rings is 1. The van der Waals surface area contributed by atoms with Crippen LogP contribution in [0, 0.1) is 10.5 Å². The number of aryl methyl sites for hydroxylation is 1. The van der Waals surface area contributed by atoms with Crippen LogP contribution in [0.4, 0.5) is 0 Å². The van der Waals surface area contributed by atoms with E-state index in [-0.39, 0.29) is 0 Å². The van der Waals surface area contributed by atoms with E-state index < -0.39 is 0 Å². The van der Waals surface area contributed by atoms with Gasteiger partial charge in [0.15, 0.2) is 0 Å². The average Bonchev–Trinajstić information content (AvgIpc) is 2.63. The zero-order valence-corrected chi connectivity index (χ0v) is 15.5. The second-order valence-electron chi connectivity index (χ2n) is 5.85. The van der Waals surface area contributed by atoms with Crippen molar-refractivity contribution in [1.82, 2.24) is 4.98 Å². The van der Waals surface area contributed by atoms with Gasteiger partial charge >= 0.3 is 0 Å². The molecule has 0 fully saturated rings. The molecule has 1 nitrogen and oxygen atoms in total. The van der Waals surface area contributed by atoms with Crippen LogP contribution in [0.3, 0.4) is 0 Å². The normalized spacial score (nSPS) is 10.9. The number of hydrogen-bond acceptors (Lipinski definition) is 1. The van der Waals surface area contributed by atoms with Gasteiger partial charge in [-0.25, -0.2) is 4.98 Å². The summed E-state index contributed by atoms with van der Waals surface area (Å²) in [5.74, 6) is 0. The lowest BCUT2D eigenvalue weighted by Gasteiger charge is -2.15. The molecule has 1 heterocycles. The summed E-state index contributed by atoms with van der Waals surface area (Å²) in [6.45, 7) is 2.13. The first kappa shape index (κ1) is 15.3. The van der Waals surface area contributed by atoms with Crippen LogP contribution in [-0.4, -0.2) is 4.98 Å². The molecule has 0 bridgehead atoms. The van der Waals surface area contributed by atoms with Crippen LogP contribution in [0.15, 0.2) is 78.9 Å². The van der Waals surface area contributed by atoms with Gasteiger partial charge in [0.2, 0.25) is 0 Å². The molecule has 2 heteroatoms. The summed E-state index contributed by atoms with van der Waals surface area (Å²) in [6, 6.07) is 27.4. The Balaban J connectivity index is 2.13. The topological polar surface area (TPSA) is 12.9 Å². The van der Waals surface area contributed by atoms with Gasteiger partial charge in [-0.2, -0.15) is 0 Å². The Morgan fingerprint density at radius 2 is 1.33 bits per heavy atom. The molecule has 0 amide bonds. The summed E-state index contributed by atoms with van der Waals surface area (Å²) in [5.41, 5.74) is 7.00. The number of aromatic nitrogens is 1. The highest BCUT2D eigenvalue weighted by molar-refractivity contribution is 14.1. The van der Waals surface area contributed by atoms with E-state index in [2.05, 4.69) is 102 Å². The van der Waals surface area contributed by atoms with E-state index >= 15 is 0 Å². The van der Waals surface area contributed by atoms with Crippen LogP contribution in [0.2, 0.25) is 0 Å². The molecule has 0 saturated heterocycles. The standard InChI is InChI=1S/C22H16IN/c1-15-9-8-14-18-19(16-10-4-2-5-11-16)20(23)22(24-21(15)18)17-12-6-3-7-13-17/h2-14H,1H3. The average molecular weight is 421 g/mol. The van der Waals surface area contributed by atoms with Crippen molar-refractivity contribution in [3.8, 4) is 22.4 Å². The molecule has 4 aromatic rings. The number of fused-ring (bicyclic) bond motifs is 1. The van der Waals surface area contributed by atoms with Gasteiger partial charge in [0.05, 0.1) is 11.2 Å². The van der Waals surface area contributed by atoms with E-state index in [1.807, 2.05) is 6.07 Å². The fourth-order valence-electron chi connectivity index (χ4n) is 3.08. The van der Waals surface area contributed by atoms with Gasteiger partial charge in [-0.15, -0.1) is 0 Å². The lowest BCUT2D eigenvalue weighted by molar-refractivity contribution is 1.34. The van der Waals surface area contributed by atoms with Gasteiger partial charge in [0.1, 0.15) is 0 Å². The minimum absolute atomic E-state index is 1.05. The fraction of sp³-hybridized carbons (Fsp3) is 0.0455. The van der Waals surface area contributed by atoms with Crippen molar-refractivity contribution in [3.05, 3.63) is 88.0 Å². The molecule has 0 atom stereocenters. The second kappa shape index (κ2) is 6.36. The maximum atomic E-state index is 5.02. The summed E-state index contributed by atoms with van der Waals surface area (Å²) in [4.78, 5) is 5.02. The molecular weight excluding hydrogens is 405 g/mol. The number of benzene rings is 3. The van der Waals surface area contributed by atoms with E-state index in [1.165, 1.54) is 25.6 Å². The molecular formula is C22H16IN. The van der Waals surface area contributed by atoms with Gasteiger partial charge < -0.3 is 0 Å². The SMILES string of the molecule is Cc1cccc2c(-c3ccccc3)c(I)c(-c3ccccc3)nc12. The number of halogens is 1. The minimum Gasteiger partial charge on any atom is -0.246 e. The molecule has 0 saturated carbocycles. The molecule has 3 aromatic carbocycles. The zero-order chi connectivity index (χ0) is 16.5. The van der Waals surface area contributed by atoms with Gasteiger partial charge in [0, 0.05) is 20.1 Å². The predicted molar refractivity (Wildman–Crippen MR) is 110 cm³/mol. The van der Waals surface area contributed by atoms with Gasteiger partial charge in [0.25, 0.3) is 0 Å². The highest BCUT2D eigenvalue weighted by Gasteiger charge is 2.16. The van der Waals surface area contributed by atoms with Gasteiger partial charge in [-0.1, -0.05) is 78.9 Å². The van der Waals surface area contributed by atoms with Crippen molar-refractivity contribution in [1.29, 1.82) is 0 Å². The Labute approximate surface area is 155 Å². The molecule has 4 rings (SSSR count). The van der Waals surface area contributed by atoms with Gasteiger partial charge in [-0.3, -0.25) is 0 Å². The van der Waals surface area contributed by atoms with E-state index in [9.17, 15) is 0 Å². The smallest absolute Gasteiger partial charge is 0.0849 e. The van der Waals surface area contributed by atoms with Crippen molar-refractivity contribution in [2.24, 2.45) is 0 Å². The van der Waals surface area contributed by atoms with E-state index in [0.717, 1.165) is 16.8 Å². The minimum atomic E-state index is 1.05. The molecule has 24 heavy (non-hydrogen) atoms. The lowest BCUT2D eigenvalue weighted by atomic mass is 9.97. The van der Waals surface area contributed by atoms with Crippen molar-refractivity contribution < 1.29 is 0 Å². The summed E-state index contributed by atoms with van der Waals surface area (Å²) in [7, 11) is 0. The zero-order valence-electron chi connectivity index (χ0n) is 13.3. The van der Waals surface area contributed by atoms with Crippen LogP contribution < -0.4 is 0 Å². The van der Waals surface area contributed by atoms with Crippen LogP contribution in [-0.2, 0) is 0 Å². The maximum Gasteiger partial charge on any atom is 0.0849 e. The Morgan fingerprint density at radius 3 is 2.00 bits per heavy atom. The van der Waals surface area contributed by atoms with Crippen molar-refractivity contribution in [3.63, 3.8) is 0 Å². The second-order valence-corrected chi connectivity index (χ2v) is 6.93. The van der Waals surface area contributed by atoms with E-state index in [0.29, 0.717) is 0 Å². The maximum absolute atomic E-state index is 5.02. The van der Waals surface area contributed by atoms with E-state index in [1.54, 1.807) is 0 Å².